The number of hydrogen-bond acceptors (Lipinski definition) is 3. The van der Waals surface area contributed by atoms with Crippen molar-refractivity contribution in [2.24, 2.45) is 10.7 Å². The van der Waals surface area contributed by atoms with E-state index in [2.05, 4.69) is 4.99 Å². The fourth-order valence-corrected chi connectivity index (χ4v) is 0.658. The van der Waals surface area contributed by atoms with Gasteiger partial charge in [0.1, 0.15) is 6.29 Å². The highest BCUT2D eigenvalue weighted by Crippen LogP contribution is 1.86. The smallest absolute Gasteiger partial charge is 0.120 e. The Kier molecular flexibility index (Phi) is 8.71. The highest BCUT2D eigenvalue weighted by Gasteiger charge is 1.82. The van der Waals surface area contributed by atoms with Gasteiger partial charge in [-0.15, -0.1) is 0 Å². The van der Waals surface area contributed by atoms with Crippen LogP contribution in [0.25, 0.3) is 0 Å². The minimum atomic E-state index is 0.619. The van der Waals surface area contributed by atoms with Crippen molar-refractivity contribution in [3.05, 3.63) is 0 Å². The van der Waals surface area contributed by atoms with E-state index in [0.29, 0.717) is 6.42 Å². The molecule has 0 saturated heterocycles. The van der Waals surface area contributed by atoms with Crippen LogP contribution in [0.5, 0.6) is 0 Å². The maximum atomic E-state index is 9.87. The molecular weight excluding hydrogens is 140 g/mol. The van der Waals surface area contributed by atoms with Crippen LogP contribution in [0.4, 0.5) is 0 Å². The van der Waals surface area contributed by atoms with Gasteiger partial charge in [0.05, 0.1) is 0 Å². The van der Waals surface area contributed by atoms with E-state index < -0.39 is 0 Å². The number of nitrogens with zero attached hydrogens (tertiary/aromatic N) is 1. The zero-order valence-electron chi connectivity index (χ0n) is 6.83. The number of nitrogens with two attached hydrogens (primary N) is 1. The first-order chi connectivity index (χ1) is 5.41. The summed E-state index contributed by atoms with van der Waals surface area (Å²) >= 11 is 0. The number of carbonyl (C=O) groups excluding carboxylic acids is 1. The number of unbranched alkanes of at least 4 members (excludes halogenated alkanes) is 2. The van der Waals surface area contributed by atoms with Crippen molar-refractivity contribution in [2.45, 2.75) is 25.7 Å². The average Bonchev–Trinajstić information content (AvgIpc) is 2.03. The molecule has 0 saturated carbocycles. The van der Waals surface area contributed by atoms with Crippen LogP contribution >= 0.6 is 0 Å². The van der Waals surface area contributed by atoms with E-state index in [1.165, 1.54) is 0 Å². The SMILES string of the molecule is NCCCC=NCCCC=O. The summed E-state index contributed by atoms with van der Waals surface area (Å²) in [7, 11) is 0. The van der Waals surface area contributed by atoms with E-state index in [-0.39, 0.29) is 0 Å². The first-order valence-corrected chi connectivity index (χ1v) is 4.03. The van der Waals surface area contributed by atoms with Gasteiger partial charge in [-0.2, -0.15) is 0 Å². The van der Waals surface area contributed by atoms with Gasteiger partial charge in [-0.05, 0) is 32.0 Å². The molecule has 0 aliphatic heterocycles. The van der Waals surface area contributed by atoms with Gasteiger partial charge in [-0.3, -0.25) is 4.99 Å². The van der Waals surface area contributed by atoms with Crippen molar-refractivity contribution in [2.75, 3.05) is 13.1 Å². The van der Waals surface area contributed by atoms with Gasteiger partial charge in [-0.1, -0.05) is 0 Å². The third kappa shape index (κ3) is 9.30. The standard InChI is InChI=1S/C8H16N2O/c9-5-1-2-6-10-7-3-4-8-11/h6,8H,1-5,7,9H2. The lowest BCUT2D eigenvalue weighted by molar-refractivity contribution is -0.107. The van der Waals surface area contributed by atoms with Gasteiger partial charge in [-0.25, -0.2) is 0 Å². The monoisotopic (exact) mass is 156 g/mol. The summed E-state index contributed by atoms with van der Waals surface area (Å²) in [6, 6.07) is 0. The van der Waals surface area contributed by atoms with Gasteiger partial charge in [0.15, 0.2) is 0 Å². The van der Waals surface area contributed by atoms with Gasteiger partial charge in [0.25, 0.3) is 0 Å². The minimum Gasteiger partial charge on any atom is -0.330 e. The second-order valence-electron chi connectivity index (χ2n) is 2.33. The number of aldehydes is 1. The topological polar surface area (TPSA) is 55.4 Å². The van der Waals surface area contributed by atoms with Crippen molar-refractivity contribution in [3.63, 3.8) is 0 Å². The molecule has 0 aliphatic rings. The molecule has 0 aliphatic carbocycles. The number of rotatable bonds is 7. The maximum absolute atomic E-state index is 9.87. The Morgan fingerprint density at radius 3 is 2.73 bits per heavy atom. The molecule has 0 unspecified atom stereocenters. The van der Waals surface area contributed by atoms with E-state index in [1.54, 1.807) is 0 Å². The molecule has 0 rings (SSSR count). The molecule has 0 aromatic heterocycles. The second kappa shape index (κ2) is 9.30. The molecule has 3 heteroatoms. The Morgan fingerprint density at radius 1 is 1.27 bits per heavy atom. The van der Waals surface area contributed by atoms with Crippen LogP contribution in [0.15, 0.2) is 4.99 Å². The Hall–Kier alpha value is -0.700. The van der Waals surface area contributed by atoms with Crippen LogP contribution in [-0.4, -0.2) is 25.6 Å². The summed E-state index contributed by atoms with van der Waals surface area (Å²) in [5.74, 6) is 0. The van der Waals surface area contributed by atoms with E-state index in [9.17, 15) is 4.79 Å². The fraction of sp³-hybridized carbons (Fsp3) is 0.750. The Bertz CT molecular complexity index is 113. The Labute approximate surface area is 67.7 Å². The summed E-state index contributed by atoms with van der Waals surface area (Å²) in [6.45, 7) is 1.49. The summed E-state index contributed by atoms with van der Waals surface area (Å²) in [5, 5.41) is 0. The van der Waals surface area contributed by atoms with Gasteiger partial charge in [0, 0.05) is 13.0 Å². The Morgan fingerprint density at radius 2 is 2.09 bits per heavy atom. The zero-order chi connectivity index (χ0) is 8.36. The van der Waals surface area contributed by atoms with Crippen LogP contribution in [-0.2, 0) is 4.79 Å². The van der Waals surface area contributed by atoms with Crippen molar-refractivity contribution in [3.8, 4) is 0 Å². The summed E-state index contributed by atoms with van der Waals surface area (Å²) in [6.07, 6.45) is 6.25. The van der Waals surface area contributed by atoms with Crippen LogP contribution in [0.3, 0.4) is 0 Å². The van der Waals surface area contributed by atoms with Crippen LogP contribution in [0, 0.1) is 0 Å². The molecule has 0 aromatic carbocycles. The van der Waals surface area contributed by atoms with E-state index >= 15 is 0 Å². The molecule has 3 nitrogen and oxygen atoms in total. The molecule has 0 heterocycles. The number of carbonyl (C=O) groups is 1. The predicted octanol–water partition coefficient (Wildman–Crippen LogP) is 0.775. The molecule has 0 amide bonds. The molecule has 2 N–H and O–H groups in total. The van der Waals surface area contributed by atoms with E-state index in [1.807, 2.05) is 6.21 Å². The normalized spacial score (nSPS) is 10.6. The molecule has 0 fully saturated rings. The molecule has 11 heavy (non-hydrogen) atoms. The summed E-state index contributed by atoms with van der Waals surface area (Å²) < 4.78 is 0. The quantitative estimate of drug-likeness (QED) is 0.336. The first kappa shape index (κ1) is 10.3. The third-order valence-electron chi connectivity index (χ3n) is 1.28. The zero-order valence-corrected chi connectivity index (χ0v) is 6.83. The van der Waals surface area contributed by atoms with Crippen molar-refractivity contribution in [1.82, 2.24) is 0 Å². The van der Waals surface area contributed by atoms with Crippen molar-refractivity contribution in [1.29, 1.82) is 0 Å². The molecule has 0 spiro atoms. The molecule has 0 atom stereocenters. The fourth-order valence-electron chi connectivity index (χ4n) is 0.658. The Balaban J connectivity index is 2.97. The highest BCUT2D eigenvalue weighted by atomic mass is 16.1. The lowest BCUT2D eigenvalue weighted by atomic mass is 10.3. The second-order valence-corrected chi connectivity index (χ2v) is 2.33. The van der Waals surface area contributed by atoms with Gasteiger partial charge < -0.3 is 10.5 Å². The predicted molar refractivity (Wildman–Crippen MR) is 46.9 cm³/mol. The first-order valence-electron chi connectivity index (χ1n) is 4.03. The number of aliphatic imine (C=N–C) groups is 1. The van der Waals surface area contributed by atoms with Crippen molar-refractivity contribution < 1.29 is 4.79 Å². The van der Waals surface area contributed by atoms with Gasteiger partial charge >= 0.3 is 0 Å². The minimum absolute atomic E-state index is 0.619. The molecule has 0 aromatic rings. The van der Waals surface area contributed by atoms with Gasteiger partial charge in [0.2, 0.25) is 0 Å². The summed E-state index contributed by atoms with van der Waals surface area (Å²) in [4.78, 5) is 14.0. The van der Waals surface area contributed by atoms with Crippen LogP contribution in [0.2, 0.25) is 0 Å². The average molecular weight is 156 g/mol. The molecule has 0 bridgehead atoms. The van der Waals surface area contributed by atoms with Crippen LogP contribution in [0.1, 0.15) is 25.7 Å². The van der Waals surface area contributed by atoms with E-state index in [4.69, 9.17) is 5.73 Å². The lowest BCUT2D eigenvalue weighted by Crippen LogP contribution is -1.98. The largest absolute Gasteiger partial charge is 0.330 e. The van der Waals surface area contributed by atoms with E-state index in [0.717, 1.165) is 38.6 Å². The molecular formula is C8H16N2O. The number of hydrogen-bond donors (Lipinski definition) is 1. The molecule has 64 valence electrons. The summed E-state index contributed by atoms with van der Waals surface area (Å²) in [5.41, 5.74) is 5.28. The highest BCUT2D eigenvalue weighted by molar-refractivity contribution is 5.57. The molecule has 0 radical (unpaired) electrons. The van der Waals surface area contributed by atoms with Crippen molar-refractivity contribution >= 4 is 12.5 Å². The lowest BCUT2D eigenvalue weighted by Gasteiger charge is -1.89. The van der Waals surface area contributed by atoms with Crippen LogP contribution < -0.4 is 5.73 Å². The maximum Gasteiger partial charge on any atom is 0.120 e. The third-order valence-corrected chi connectivity index (χ3v) is 1.28.